The van der Waals surface area contributed by atoms with Gasteiger partial charge in [0.15, 0.2) is 0 Å². The van der Waals surface area contributed by atoms with Gasteiger partial charge in [0.25, 0.3) is 5.89 Å². The maximum absolute atomic E-state index is 10.8. The molecule has 2 aromatic carbocycles. The van der Waals surface area contributed by atoms with E-state index in [0.717, 1.165) is 22.0 Å². The molecule has 0 aliphatic carbocycles. The Hall–Kier alpha value is -3.39. The number of aliphatic carboxylic acids is 1. The molecule has 9 heteroatoms. The monoisotopic (exact) mass is 454 g/mol. The van der Waals surface area contributed by atoms with Gasteiger partial charge in [0.05, 0.1) is 22.8 Å². The molecule has 0 amide bonds. The van der Waals surface area contributed by atoms with Crippen molar-refractivity contribution >= 4 is 28.5 Å². The zero-order valence-electron chi connectivity index (χ0n) is 18.0. The van der Waals surface area contributed by atoms with Gasteiger partial charge in [-0.1, -0.05) is 16.8 Å². The molecule has 0 aliphatic rings. The summed E-state index contributed by atoms with van der Waals surface area (Å²) in [4.78, 5) is 15.3. The predicted octanol–water partition coefficient (Wildman–Crippen LogP) is 5.37. The summed E-state index contributed by atoms with van der Waals surface area (Å²) in [6.07, 6.45) is 2.41. The largest absolute Gasteiger partial charge is 0.489 e. The number of hydrogen-bond donors (Lipinski definition) is 1. The summed E-state index contributed by atoms with van der Waals surface area (Å²) in [5, 5.41) is 18.8. The maximum Gasteiger partial charge on any atom is 0.303 e. The normalized spacial score (nSPS) is 11.4. The van der Waals surface area contributed by atoms with Crippen LogP contribution in [0.15, 0.2) is 41.1 Å². The highest BCUT2D eigenvalue weighted by Crippen LogP contribution is 2.32. The van der Waals surface area contributed by atoms with Gasteiger partial charge in [0, 0.05) is 29.5 Å². The fourth-order valence-electron chi connectivity index (χ4n) is 3.46. The Labute approximate surface area is 189 Å². The molecule has 0 atom stereocenters. The standard InChI is InChI=1S/C23H23ClN4O4/c1-13(2)31-20-7-6-15(11-18(20)24)23-26-22(27-32-23)17-10-16-12-25-28(8-4-5-21(29)30)19(16)9-14(17)3/h6-7,9-13H,4-5,8H2,1-3H3,(H,29,30). The fraction of sp³-hybridized carbons (Fsp3) is 0.304. The number of benzene rings is 2. The van der Waals surface area contributed by atoms with Crippen molar-refractivity contribution in [2.45, 2.75) is 46.3 Å². The van der Waals surface area contributed by atoms with Crippen molar-refractivity contribution in [1.82, 2.24) is 19.9 Å². The Bertz CT molecular complexity index is 1280. The van der Waals surface area contributed by atoms with E-state index in [-0.39, 0.29) is 12.5 Å². The molecule has 0 fully saturated rings. The van der Waals surface area contributed by atoms with Crippen molar-refractivity contribution in [2.75, 3.05) is 0 Å². The Kier molecular flexibility index (Phi) is 6.14. The van der Waals surface area contributed by atoms with Gasteiger partial charge >= 0.3 is 5.97 Å². The second-order valence-electron chi connectivity index (χ2n) is 7.83. The SMILES string of the molecule is Cc1cc2c(cnn2CCCC(=O)O)cc1-c1noc(-c2ccc(OC(C)C)c(Cl)c2)n1. The summed E-state index contributed by atoms with van der Waals surface area (Å²) in [5.74, 6) is 0.626. The summed E-state index contributed by atoms with van der Waals surface area (Å²) in [6, 6.07) is 9.33. The third kappa shape index (κ3) is 4.60. The van der Waals surface area contributed by atoms with E-state index in [9.17, 15) is 4.79 Å². The van der Waals surface area contributed by atoms with Crippen LogP contribution in [0.4, 0.5) is 0 Å². The van der Waals surface area contributed by atoms with Crippen molar-refractivity contribution in [2.24, 2.45) is 0 Å². The minimum Gasteiger partial charge on any atom is -0.489 e. The molecule has 2 heterocycles. The number of carboxylic acids is 1. The average molecular weight is 455 g/mol. The van der Waals surface area contributed by atoms with Gasteiger partial charge in [-0.25, -0.2) is 0 Å². The average Bonchev–Trinajstić information content (AvgIpc) is 3.36. The lowest BCUT2D eigenvalue weighted by atomic mass is 10.1. The van der Waals surface area contributed by atoms with Crippen LogP contribution in [0.2, 0.25) is 5.02 Å². The van der Waals surface area contributed by atoms with Crippen LogP contribution in [0.3, 0.4) is 0 Å². The number of fused-ring (bicyclic) bond motifs is 1. The van der Waals surface area contributed by atoms with Crippen LogP contribution >= 0.6 is 11.6 Å². The Morgan fingerprint density at radius 2 is 2.09 bits per heavy atom. The summed E-state index contributed by atoms with van der Waals surface area (Å²) in [5.41, 5.74) is 3.44. The molecule has 0 aliphatic heterocycles. The first-order valence-electron chi connectivity index (χ1n) is 10.3. The summed E-state index contributed by atoms with van der Waals surface area (Å²) in [6.45, 7) is 6.38. The lowest BCUT2D eigenvalue weighted by Crippen LogP contribution is -2.05. The summed E-state index contributed by atoms with van der Waals surface area (Å²) < 4.78 is 13.0. The number of carboxylic acid groups (broad SMARTS) is 1. The highest BCUT2D eigenvalue weighted by molar-refractivity contribution is 6.32. The number of aryl methyl sites for hydroxylation is 2. The van der Waals surface area contributed by atoms with E-state index < -0.39 is 5.97 Å². The van der Waals surface area contributed by atoms with Crippen molar-refractivity contribution < 1.29 is 19.2 Å². The third-order valence-corrected chi connectivity index (χ3v) is 5.25. The molecule has 0 saturated carbocycles. The lowest BCUT2D eigenvalue weighted by molar-refractivity contribution is -0.137. The Morgan fingerprint density at radius 1 is 1.28 bits per heavy atom. The second kappa shape index (κ2) is 9.00. The van der Waals surface area contributed by atoms with Gasteiger partial charge in [0.2, 0.25) is 5.82 Å². The number of nitrogens with zero attached hydrogens (tertiary/aromatic N) is 4. The molecule has 0 unspecified atom stereocenters. The van der Waals surface area contributed by atoms with E-state index >= 15 is 0 Å². The molecule has 8 nitrogen and oxygen atoms in total. The number of ether oxygens (including phenoxy) is 1. The number of rotatable bonds is 8. The number of halogens is 1. The van der Waals surface area contributed by atoms with Crippen LogP contribution in [-0.4, -0.2) is 37.1 Å². The number of carbonyl (C=O) groups is 1. The van der Waals surface area contributed by atoms with E-state index in [4.69, 9.17) is 26.0 Å². The molecular formula is C23H23ClN4O4. The van der Waals surface area contributed by atoms with Crippen molar-refractivity contribution in [1.29, 1.82) is 0 Å². The molecule has 32 heavy (non-hydrogen) atoms. The van der Waals surface area contributed by atoms with E-state index in [1.54, 1.807) is 18.3 Å². The van der Waals surface area contributed by atoms with E-state index in [1.807, 2.05) is 43.7 Å². The van der Waals surface area contributed by atoms with Gasteiger partial charge < -0.3 is 14.4 Å². The van der Waals surface area contributed by atoms with E-state index in [2.05, 4.69) is 15.2 Å². The van der Waals surface area contributed by atoms with Gasteiger partial charge in [-0.3, -0.25) is 9.48 Å². The van der Waals surface area contributed by atoms with E-state index in [0.29, 0.717) is 41.0 Å². The lowest BCUT2D eigenvalue weighted by Gasteiger charge is -2.11. The minimum atomic E-state index is -0.809. The molecule has 166 valence electrons. The molecule has 4 rings (SSSR count). The van der Waals surface area contributed by atoms with Crippen LogP contribution in [0.1, 0.15) is 32.3 Å². The highest BCUT2D eigenvalue weighted by atomic mass is 35.5. The Balaban J connectivity index is 1.60. The van der Waals surface area contributed by atoms with Crippen LogP contribution in [0.25, 0.3) is 33.7 Å². The minimum absolute atomic E-state index is 0.0211. The number of hydrogen-bond acceptors (Lipinski definition) is 6. The van der Waals surface area contributed by atoms with Crippen molar-refractivity contribution in [3.05, 3.63) is 47.1 Å². The molecule has 4 aromatic rings. The predicted molar refractivity (Wildman–Crippen MR) is 121 cm³/mol. The zero-order valence-corrected chi connectivity index (χ0v) is 18.8. The molecule has 2 aromatic heterocycles. The molecular weight excluding hydrogens is 432 g/mol. The van der Waals surface area contributed by atoms with Gasteiger partial charge in [-0.05, 0) is 63.1 Å². The molecule has 0 spiro atoms. The topological polar surface area (TPSA) is 103 Å². The first-order valence-corrected chi connectivity index (χ1v) is 10.7. The molecule has 0 saturated heterocycles. The van der Waals surface area contributed by atoms with Crippen molar-refractivity contribution in [3.8, 4) is 28.6 Å². The zero-order chi connectivity index (χ0) is 22.8. The highest BCUT2D eigenvalue weighted by Gasteiger charge is 2.16. The smallest absolute Gasteiger partial charge is 0.303 e. The van der Waals surface area contributed by atoms with Crippen LogP contribution in [0.5, 0.6) is 5.75 Å². The van der Waals surface area contributed by atoms with E-state index in [1.165, 1.54) is 0 Å². The summed E-state index contributed by atoms with van der Waals surface area (Å²) >= 11 is 6.34. The second-order valence-corrected chi connectivity index (χ2v) is 8.23. The molecule has 1 N–H and O–H groups in total. The maximum atomic E-state index is 10.8. The van der Waals surface area contributed by atoms with Crippen LogP contribution < -0.4 is 4.74 Å². The summed E-state index contributed by atoms with van der Waals surface area (Å²) in [7, 11) is 0. The van der Waals surface area contributed by atoms with Crippen molar-refractivity contribution in [3.63, 3.8) is 0 Å². The first kappa shape index (κ1) is 21.8. The van der Waals surface area contributed by atoms with Gasteiger partial charge in [-0.15, -0.1) is 0 Å². The molecule has 0 radical (unpaired) electrons. The Morgan fingerprint density at radius 3 is 2.81 bits per heavy atom. The van der Waals surface area contributed by atoms with Crippen LogP contribution in [0, 0.1) is 6.92 Å². The van der Waals surface area contributed by atoms with Crippen LogP contribution in [-0.2, 0) is 11.3 Å². The van der Waals surface area contributed by atoms with Gasteiger partial charge in [-0.2, -0.15) is 10.1 Å². The quantitative estimate of drug-likeness (QED) is 0.381. The number of aromatic nitrogens is 4. The third-order valence-electron chi connectivity index (χ3n) is 4.96. The first-order chi connectivity index (χ1) is 15.3. The fourth-order valence-corrected chi connectivity index (χ4v) is 3.69. The van der Waals surface area contributed by atoms with Gasteiger partial charge in [0.1, 0.15) is 5.75 Å². The molecule has 0 bridgehead atoms.